The Morgan fingerprint density at radius 2 is 1.88 bits per heavy atom. The lowest BCUT2D eigenvalue weighted by Gasteiger charge is -2.05. The second-order valence-electron chi connectivity index (χ2n) is 7.55. The van der Waals surface area contributed by atoms with E-state index in [1.165, 1.54) is 6.08 Å². The third-order valence-corrected chi connectivity index (χ3v) is 6.18. The first-order valence-corrected chi connectivity index (χ1v) is 11.6. The van der Waals surface area contributed by atoms with Gasteiger partial charge >= 0.3 is 0 Å². The largest absolute Gasteiger partial charge is 0.496 e. The number of hydrogen-bond acceptors (Lipinski definition) is 4. The number of amides is 1. The van der Waals surface area contributed by atoms with Crippen molar-refractivity contribution in [1.29, 1.82) is 0 Å². The molecule has 5 nitrogen and oxygen atoms in total. The maximum Gasteiger partial charge on any atom is 0.248 e. The maximum absolute atomic E-state index is 12.5. The van der Waals surface area contributed by atoms with Crippen molar-refractivity contribution in [3.05, 3.63) is 93.9 Å². The summed E-state index contributed by atoms with van der Waals surface area (Å²) in [6, 6.07) is 22.5. The number of nitrogens with zero attached hydrogens (tertiary/aromatic N) is 1. The van der Waals surface area contributed by atoms with Gasteiger partial charge in [-0.25, -0.2) is 4.98 Å². The van der Waals surface area contributed by atoms with Crippen molar-refractivity contribution >= 4 is 67.1 Å². The van der Waals surface area contributed by atoms with Crippen molar-refractivity contribution in [2.24, 2.45) is 0 Å². The zero-order chi connectivity index (χ0) is 23.7. The Kier molecular flexibility index (Phi) is 6.09. The Bertz CT molecular complexity index is 1580. The fourth-order valence-electron chi connectivity index (χ4n) is 3.76. The molecule has 7 heteroatoms. The van der Waals surface area contributed by atoms with E-state index in [9.17, 15) is 4.79 Å². The number of rotatable bonds is 5. The van der Waals surface area contributed by atoms with Gasteiger partial charge in [-0.1, -0.05) is 51.8 Å². The van der Waals surface area contributed by atoms with Gasteiger partial charge in [-0.2, -0.15) is 0 Å². The fourth-order valence-corrected chi connectivity index (χ4v) is 4.38. The summed E-state index contributed by atoms with van der Waals surface area (Å²) in [4.78, 5) is 17.2. The molecular formula is C27H18BrClN2O3. The van der Waals surface area contributed by atoms with Crippen LogP contribution in [0.2, 0.25) is 5.02 Å². The highest BCUT2D eigenvalue weighted by molar-refractivity contribution is 9.10. The molecule has 1 aromatic heterocycles. The molecule has 0 aliphatic heterocycles. The van der Waals surface area contributed by atoms with Gasteiger partial charge in [-0.3, -0.25) is 4.79 Å². The first-order chi connectivity index (χ1) is 16.5. The summed E-state index contributed by atoms with van der Waals surface area (Å²) in [7, 11) is 1.59. The number of ether oxygens (including phenoxy) is 1. The van der Waals surface area contributed by atoms with Gasteiger partial charge in [0.1, 0.15) is 11.3 Å². The molecule has 0 aliphatic carbocycles. The van der Waals surface area contributed by atoms with Gasteiger partial charge in [0.15, 0.2) is 5.58 Å². The van der Waals surface area contributed by atoms with E-state index in [0.717, 1.165) is 26.4 Å². The first-order valence-electron chi connectivity index (χ1n) is 10.4. The smallest absolute Gasteiger partial charge is 0.248 e. The fraction of sp³-hybridized carbons (Fsp3) is 0.0370. The minimum atomic E-state index is -0.270. The van der Waals surface area contributed by atoms with E-state index in [4.69, 9.17) is 20.8 Å². The Morgan fingerprint density at radius 1 is 1.06 bits per heavy atom. The van der Waals surface area contributed by atoms with E-state index in [1.54, 1.807) is 31.4 Å². The minimum absolute atomic E-state index is 0.270. The molecule has 1 amide bonds. The molecule has 0 radical (unpaired) electrons. The Hall–Kier alpha value is -3.61. The molecule has 0 aliphatic rings. The van der Waals surface area contributed by atoms with Gasteiger partial charge in [0.05, 0.1) is 7.11 Å². The molecule has 0 atom stereocenters. The van der Waals surface area contributed by atoms with Crippen LogP contribution in [0.1, 0.15) is 5.56 Å². The SMILES string of the molecule is COc1ccc(Br)cc1/C=C/C(=O)Nc1ccc2oc(-c3cccc4c(Cl)cccc34)nc2c1. The van der Waals surface area contributed by atoms with Crippen LogP contribution in [0.5, 0.6) is 5.75 Å². The summed E-state index contributed by atoms with van der Waals surface area (Å²) >= 11 is 9.78. The number of benzene rings is 4. The van der Waals surface area contributed by atoms with E-state index in [-0.39, 0.29) is 5.91 Å². The van der Waals surface area contributed by atoms with Crippen molar-refractivity contribution < 1.29 is 13.9 Å². The molecule has 5 aromatic rings. The summed E-state index contributed by atoms with van der Waals surface area (Å²) in [5.74, 6) is 0.903. The van der Waals surface area contributed by atoms with E-state index in [0.29, 0.717) is 33.4 Å². The number of methoxy groups -OCH3 is 1. The van der Waals surface area contributed by atoms with Crippen LogP contribution in [0.25, 0.3) is 39.4 Å². The van der Waals surface area contributed by atoms with Gasteiger partial charge in [-0.05, 0) is 60.0 Å². The van der Waals surface area contributed by atoms with Gasteiger partial charge in [-0.15, -0.1) is 0 Å². The average Bonchev–Trinajstić information content (AvgIpc) is 3.26. The minimum Gasteiger partial charge on any atom is -0.496 e. The summed E-state index contributed by atoms with van der Waals surface area (Å²) in [5, 5.41) is 5.44. The van der Waals surface area contributed by atoms with Crippen molar-refractivity contribution in [2.75, 3.05) is 12.4 Å². The van der Waals surface area contributed by atoms with Crippen LogP contribution >= 0.6 is 27.5 Å². The number of hydrogen-bond donors (Lipinski definition) is 1. The number of carbonyl (C=O) groups excluding carboxylic acids is 1. The quantitative estimate of drug-likeness (QED) is 0.235. The Morgan fingerprint density at radius 3 is 2.74 bits per heavy atom. The van der Waals surface area contributed by atoms with Crippen LogP contribution in [-0.4, -0.2) is 18.0 Å². The number of oxazole rings is 1. The van der Waals surface area contributed by atoms with E-state index in [1.807, 2.05) is 54.6 Å². The maximum atomic E-state index is 12.5. The van der Waals surface area contributed by atoms with Gasteiger partial charge in [0.2, 0.25) is 11.8 Å². The predicted molar refractivity (Wildman–Crippen MR) is 140 cm³/mol. The Labute approximate surface area is 209 Å². The molecule has 34 heavy (non-hydrogen) atoms. The molecule has 0 unspecified atom stereocenters. The highest BCUT2D eigenvalue weighted by atomic mass is 79.9. The topological polar surface area (TPSA) is 64.4 Å². The number of nitrogens with one attached hydrogen (secondary N) is 1. The van der Waals surface area contributed by atoms with Crippen molar-refractivity contribution in [3.8, 4) is 17.2 Å². The standard InChI is InChI=1S/C27H18BrClN2O3/c1-33-24-11-9-17(28)14-16(24)8-13-26(32)30-18-10-12-25-23(15-18)31-27(34-25)21-6-2-5-20-19(21)4-3-7-22(20)29/h2-15H,1H3,(H,30,32)/b13-8+. The van der Waals surface area contributed by atoms with Crippen LogP contribution in [0.3, 0.4) is 0 Å². The monoisotopic (exact) mass is 532 g/mol. The van der Waals surface area contributed by atoms with Crippen LogP contribution in [-0.2, 0) is 4.79 Å². The predicted octanol–water partition coefficient (Wildman–Crippen LogP) is 7.72. The summed E-state index contributed by atoms with van der Waals surface area (Å²) in [5.41, 5.74) is 3.53. The second-order valence-corrected chi connectivity index (χ2v) is 8.87. The molecule has 0 bridgehead atoms. The zero-order valence-corrected chi connectivity index (χ0v) is 20.4. The lowest BCUT2D eigenvalue weighted by Crippen LogP contribution is -2.07. The number of halogens is 2. The van der Waals surface area contributed by atoms with Gasteiger partial charge < -0.3 is 14.5 Å². The molecule has 0 saturated heterocycles. The lowest BCUT2D eigenvalue weighted by molar-refractivity contribution is -0.111. The molecule has 0 spiro atoms. The third-order valence-electron chi connectivity index (χ3n) is 5.36. The number of anilines is 1. The number of aromatic nitrogens is 1. The summed E-state index contributed by atoms with van der Waals surface area (Å²) in [6.07, 6.45) is 3.17. The van der Waals surface area contributed by atoms with E-state index < -0.39 is 0 Å². The highest BCUT2D eigenvalue weighted by Crippen LogP contribution is 2.34. The highest BCUT2D eigenvalue weighted by Gasteiger charge is 2.13. The molecule has 1 heterocycles. The number of fused-ring (bicyclic) bond motifs is 2. The molecule has 5 rings (SSSR count). The van der Waals surface area contributed by atoms with Crippen molar-refractivity contribution in [2.45, 2.75) is 0 Å². The summed E-state index contributed by atoms with van der Waals surface area (Å²) in [6.45, 7) is 0. The second kappa shape index (κ2) is 9.33. The molecule has 4 aromatic carbocycles. The van der Waals surface area contributed by atoms with Crippen LogP contribution in [0.15, 0.2) is 87.8 Å². The molecular weight excluding hydrogens is 516 g/mol. The normalized spacial score (nSPS) is 11.4. The zero-order valence-electron chi connectivity index (χ0n) is 18.0. The van der Waals surface area contributed by atoms with Crippen LogP contribution in [0.4, 0.5) is 5.69 Å². The molecule has 168 valence electrons. The van der Waals surface area contributed by atoms with E-state index in [2.05, 4.69) is 26.2 Å². The molecule has 0 fully saturated rings. The summed E-state index contributed by atoms with van der Waals surface area (Å²) < 4.78 is 12.2. The average molecular weight is 534 g/mol. The Balaban J connectivity index is 1.40. The van der Waals surface area contributed by atoms with Crippen LogP contribution < -0.4 is 10.1 Å². The lowest BCUT2D eigenvalue weighted by atomic mass is 10.0. The number of carbonyl (C=O) groups is 1. The van der Waals surface area contributed by atoms with E-state index >= 15 is 0 Å². The van der Waals surface area contributed by atoms with Crippen LogP contribution in [0, 0.1) is 0 Å². The van der Waals surface area contributed by atoms with Gasteiger partial charge in [0, 0.05) is 37.8 Å². The first kappa shape index (κ1) is 22.2. The van der Waals surface area contributed by atoms with Crippen molar-refractivity contribution in [1.82, 2.24) is 4.98 Å². The van der Waals surface area contributed by atoms with Gasteiger partial charge in [0.25, 0.3) is 0 Å². The van der Waals surface area contributed by atoms with Crippen molar-refractivity contribution in [3.63, 3.8) is 0 Å². The third kappa shape index (κ3) is 4.42. The molecule has 0 saturated carbocycles. The molecule has 1 N–H and O–H groups in total.